The van der Waals surface area contributed by atoms with E-state index in [1.54, 1.807) is 7.11 Å². The van der Waals surface area contributed by atoms with Crippen molar-refractivity contribution in [3.05, 3.63) is 35.4 Å². The quantitative estimate of drug-likeness (QED) is 0.867. The molecule has 2 atom stereocenters. The van der Waals surface area contributed by atoms with Crippen molar-refractivity contribution >= 4 is 0 Å². The molecule has 2 heteroatoms. The van der Waals surface area contributed by atoms with Crippen LogP contribution in [0.1, 0.15) is 36.8 Å². The second kappa shape index (κ2) is 5.19. The van der Waals surface area contributed by atoms with Crippen LogP contribution in [0.3, 0.4) is 0 Å². The van der Waals surface area contributed by atoms with Crippen LogP contribution in [0.5, 0.6) is 0 Å². The number of hydrogen-bond donors (Lipinski definition) is 1. The summed E-state index contributed by atoms with van der Waals surface area (Å²) in [5, 5.41) is 3.58. The van der Waals surface area contributed by atoms with Crippen LogP contribution in [0.25, 0.3) is 0 Å². The molecule has 0 amide bonds. The first kappa shape index (κ1) is 12.6. The van der Waals surface area contributed by atoms with Gasteiger partial charge in [-0.15, -0.1) is 0 Å². The molecule has 0 saturated carbocycles. The molecule has 2 nitrogen and oxygen atoms in total. The molecule has 2 unspecified atom stereocenters. The zero-order chi connectivity index (χ0) is 12.3. The standard InChI is InChI=1S/C15H23NO/c1-12-4-6-13(7-5-12)14-8-9-16-15(2,10-14)11-17-3/h4-7,14,16H,8-11H2,1-3H3. The van der Waals surface area contributed by atoms with Gasteiger partial charge in [-0.25, -0.2) is 0 Å². The molecule has 1 aliphatic heterocycles. The maximum atomic E-state index is 5.33. The summed E-state index contributed by atoms with van der Waals surface area (Å²) in [5.74, 6) is 0.664. The summed E-state index contributed by atoms with van der Waals surface area (Å²) >= 11 is 0. The highest BCUT2D eigenvalue weighted by atomic mass is 16.5. The number of hydrogen-bond acceptors (Lipinski definition) is 2. The zero-order valence-electron chi connectivity index (χ0n) is 11.1. The molecule has 1 aromatic rings. The van der Waals surface area contributed by atoms with Crippen LogP contribution in [0, 0.1) is 6.92 Å². The number of piperidine rings is 1. The van der Waals surface area contributed by atoms with Gasteiger partial charge in [-0.1, -0.05) is 29.8 Å². The third kappa shape index (κ3) is 3.08. The Bertz CT molecular complexity index is 356. The Morgan fingerprint density at radius 3 is 2.71 bits per heavy atom. The van der Waals surface area contributed by atoms with E-state index in [2.05, 4.69) is 43.4 Å². The summed E-state index contributed by atoms with van der Waals surface area (Å²) in [5.41, 5.74) is 2.93. The topological polar surface area (TPSA) is 21.3 Å². The Morgan fingerprint density at radius 1 is 1.35 bits per heavy atom. The fourth-order valence-electron chi connectivity index (χ4n) is 2.82. The molecular formula is C15H23NO. The van der Waals surface area contributed by atoms with Crippen LogP contribution in [0.2, 0.25) is 0 Å². The monoisotopic (exact) mass is 233 g/mol. The molecule has 0 bridgehead atoms. The maximum Gasteiger partial charge on any atom is 0.0641 e. The molecule has 0 radical (unpaired) electrons. The number of methoxy groups -OCH3 is 1. The lowest BCUT2D eigenvalue weighted by Gasteiger charge is -2.39. The average Bonchev–Trinajstić information content (AvgIpc) is 2.30. The van der Waals surface area contributed by atoms with E-state index in [1.807, 2.05) is 0 Å². The molecule has 94 valence electrons. The minimum Gasteiger partial charge on any atom is -0.383 e. The smallest absolute Gasteiger partial charge is 0.0641 e. The van der Waals surface area contributed by atoms with Crippen LogP contribution < -0.4 is 5.32 Å². The highest BCUT2D eigenvalue weighted by Crippen LogP contribution is 2.32. The van der Waals surface area contributed by atoms with Crippen LogP contribution in [0.15, 0.2) is 24.3 Å². The average molecular weight is 233 g/mol. The molecule has 17 heavy (non-hydrogen) atoms. The van der Waals surface area contributed by atoms with Crippen molar-refractivity contribution in [3.63, 3.8) is 0 Å². The van der Waals surface area contributed by atoms with Crippen molar-refractivity contribution in [2.24, 2.45) is 0 Å². The molecule has 2 rings (SSSR count). The first-order valence-corrected chi connectivity index (χ1v) is 6.43. The normalized spacial score (nSPS) is 29.2. The van der Waals surface area contributed by atoms with Gasteiger partial charge in [0.25, 0.3) is 0 Å². The Morgan fingerprint density at radius 2 is 2.06 bits per heavy atom. The van der Waals surface area contributed by atoms with Gasteiger partial charge in [0, 0.05) is 12.6 Å². The molecule has 0 aliphatic carbocycles. The lowest BCUT2D eigenvalue weighted by atomic mass is 9.80. The van der Waals surface area contributed by atoms with Gasteiger partial charge in [0.2, 0.25) is 0 Å². The lowest BCUT2D eigenvalue weighted by molar-refractivity contribution is 0.0946. The van der Waals surface area contributed by atoms with Gasteiger partial charge >= 0.3 is 0 Å². The third-order valence-corrected chi connectivity index (χ3v) is 3.75. The second-order valence-corrected chi connectivity index (χ2v) is 5.52. The number of ether oxygens (including phenoxy) is 1. The van der Waals surface area contributed by atoms with E-state index < -0.39 is 0 Å². The van der Waals surface area contributed by atoms with Gasteiger partial charge in [-0.2, -0.15) is 0 Å². The third-order valence-electron chi connectivity index (χ3n) is 3.75. The van der Waals surface area contributed by atoms with E-state index in [0.29, 0.717) is 5.92 Å². The second-order valence-electron chi connectivity index (χ2n) is 5.52. The van der Waals surface area contributed by atoms with Gasteiger partial charge in [-0.3, -0.25) is 0 Å². The highest BCUT2D eigenvalue weighted by molar-refractivity contribution is 5.25. The van der Waals surface area contributed by atoms with Crippen molar-refractivity contribution in [1.29, 1.82) is 0 Å². The molecule has 1 aliphatic rings. The van der Waals surface area contributed by atoms with Crippen molar-refractivity contribution in [3.8, 4) is 0 Å². The predicted octanol–water partition coefficient (Wildman–Crippen LogP) is 2.87. The maximum absolute atomic E-state index is 5.33. The Balaban J connectivity index is 2.09. The summed E-state index contributed by atoms with van der Waals surface area (Å²) in [4.78, 5) is 0. The summed E-state index contributed by atoms with van der Waals surface area (Å²) < 4.78 is 5.33. The first-order chi connectivity index (χ1) is 8.13. The predicted molar refractivity (Wildman–Crippen MR) is 71.4 cm³/mol. The van der Waals surface area contributed by atoms with Gasteiger partial charge in [0.15, 0.2) is 0 Å². The van der Waals surface area contributed by atoms with E-state index in [4.69, 9.17) is 4.74 Å². The van der Waals surface area contributed by atoms with Crippen molar-refractivity contribution in [2.75, 3.05) is 20.3 Å². The van der Waals surface area contributed by atoms with E-state index in [0.717, 1.165) is 19.6 Å². The first-order valence-electron chi connectivity index (χ1n) is 6.43. The van der Waals surface area contributed by atoms with Gasteiger partial charge in [0.1, 0.15) is 0 Å². The number of aryl methyl sites for hydroxylation is 1. The molecule has 0 aromatic heterocycles. The number of rotatable bonds is 3. The minimum atomic E-state index is 0.128. The molecule has 0 spiro atoms. The SMILES string of the molecule is COCC1(C)CC(c2ccc(C)cc2)CCN1. The molecule has 1 aromatic carbocycles. The lowest BCUT2D eigenvalue weighted by Crippen LogP contribution is -2.51. The van der Waals surface area contributed by atoms with Gasteiger partial charge < -0.3 is 10.1 Å². The zero-order valence-corrected chi connectivity index (χ0v) is 11.1. The molecule has 1 fully saturated rings. The highest BCUT2D eigenvalue weighted by Gasteiger charge is 2.32. The fraction of sp³-hybridized carbons (Fsp3) is 0.600. The molecular weight excluding hydrogens is 210 g/mol. The Labute approximate surface area is 104 Å². The van der Waals surface area contributed by atoms with Crippen LogP contribution in [0.4, 0.5) is 0 Å². The number of nitrogens with one attached hydrogen (secondary N) is 1. The van der Waals surface area contributed by atoms with E-state index in [9.17, 15) is 0 Å². The van der Waals surface area contributed by atoms with Crippen LogP contribution in [-0.2, 0) is 4.74 Å². The summed E-state index contributed by atoms with van der Waals surface area (Å²) in [6, 6.07) is 8.98. The van der Waals surface area contributed by atoms with Crippen molar-refractivity contribution in [2.45, 2.75) is 38.1 Å². The van der Waals surface area contributed by atoms with Crippen LogP contribution in [-0.4, -0.2) is 25.8 Å². The van der Waals surface area contributed by atoms with Gasteiger partial charge in [0.05, 0.1) is 6.61 Å². The largest absolute Gasteiger partial charge is 0.383 e. The Hall–Kier alpha value is -0.860. The van der Waals surface area contributed by atoms with Crippen molar-refractivity contribution < 1.29 is 4.74 Å². The van der Waals surface area contributed by atoms with Gasteiger partial charge in [-0.05, 0) is 44.7 Å². The summed E-state index contributed by atoms with van der Waals surface area (Å²) in [7, 11) is 1.78. The molecule has 1 saturated heterocycles. The fourth-order valence-corrected chi connectivity index (χ4v) is 2.82. The summed E-state index contributed by atoms with van der Waals surface area (Å²) in [6.45, 7) is 6.27. The van der Waals surface area contributed by atoms with E-state index >= 15 is 0 Å². The number of benzene rings is 1. The van der Waals surface area contributed by atoms with Crippen LogP contribution >= 0.6 is 0 Å². The molecule has 1 heterocycles. The summed E-state index contributed by atoms with van der Waals surface area (Å²) in [6.07, 6.45) is 2.38. The molecule has 1 N–H and O–H groups in total. The van der Waals surface area contributed by atoms with E-state index in [1.165, 1.54) is 17.5 Å². The Kier molecular flexibility index (Phi) is 3.85. The van der Waals surface area contributed by atoms with E-state index in [-0.39, 0.29) is 5.54 Å². The minimum absolute atomic E-state index is 0.128. The van der Waals surface area contributed by atoms with Crippen molar-refractivity contribution in [1.82, 2.24) is 5.32 Å².